The van der Waals surface area contributed by atoms with E-state index in [-0.39, 0.29) is 19.1 Å². The number of hydrogen-bond acceptors (Lipinski definition) is 8. The largest absolute Gasteiger partial charge is 0.458 e. The Morgan fingerprint density at radius 3 is 2.31 bits per heavy atom. The highest BCUT2D eigenvalue weighted by molar-refractivity contribution is 7.96. The van der Waals surface area contributed by atoms with Gasteiger partial charge in [0.05, 0.1) is 6.61 Å². The quantitative estimate of drug-likeness (QED) is 0.511. The number of aliphatic hydroxyl groups is 1. The van der Waals surface area contributed by atoms with Gasteiger partial charge in [-0.1, -0.05) is 11.9 Å². The summed E-state index contributed by atoms with van der Waals surface area (Å²) >= 11 is 1.68. The molecule has 2 aliphatic heterocycles. The van der Waals surface area contributed by atoms with E-state index in [2.05, 4.69) is 4.31 Å². The Morgan fingerprint density at radius 2 is 1.75 bits per heavy atom. The predicted octanol–water partition coefficient (Wildman–Crippen LogP) is 1.16. The zero-order valence-corrected chi connectivity index (χ0v) is 19.8. The van der Waals surface area contributed by atoms with E-state index < -0.39 is 29.7 Å². The van der Waals surface area contributed by atoms with E-state index in [1.54, 1.807) is 57.0 Å². The molecule has 2 fully saturated rings. The molecule has 9 nitrogen and oxygen atoms in total. The van der Waals surface area contributed by atoms with Crippen LogP contribution < -0.4 is 4.90 Å². The Hall–Kier alpha value is -2.14. The maximum absolute atomic E-state index is 12.9. The highest BCUT2D eigenvalue weighted by Crippen LogP contribution is 2.23. The SMILES string of the molecule is CSN1CCN(C(=O)c2ccc(N3CCO[C@H]([C@@H](O)C(=O)OC(C)(C)C)C3=O)cc2)CC1. The molecule has 1 aromatic rings. The zero-order valence-electron chi connectivity index (χ0n) is 18.9. The van der Waals surface area contributed by atoms with Crippen molar-refractivity contribution in [1.29, 1.82) is 0 Å². The molecule has 0 unspecified atom stereocenters. The van der Waals surface area contributed by atoms with Crippen LogP contribution in [0.3, 0.4) is 0 Å². The average Bonchev–Trinajstić information content (AvgIpc) is 2.77. The lowest BCUT2D eigenvalue weighted by Crippen LogP contribution is -2.55. The third kappa shape index (κ3) is 5.80. The molecule has 0 bridgehead atoms. The number of aliphatic hydroxyl groups excluding tert-OH is 1. The minimum atomic E-state index is -1.72. The normalized spacial score (nSPS) is 21.4. The lowest BCUT2D eigenvalue weighted by molar-refractivity contribution is -0.177. The lowest BCUT2D eigenvalue weighted by atomic mass is 10.1. The molecule has 2 heterocycles. The number of nitrogens with zero attached hydrogens (tertiary/aromatic N) is 3. The molecule has 3 rings (SSSR count). The molecule has 2 aliphatic rings. The molecule has 0 spiro atoms. The summed E-state index contributed by atoms with van der Waals surface area (Å²) in [7, 11) is 0. The van der Waals surface area contributed by atoms with Crippen LogP contribution in [0.15, 0.2) is 24.3 Å². The Labute approximate surface area is 192 Å². The molecule has 2 atom stereocenters. The summed E-state index contributed by atoms with van der Waals surface area (Å²) in [5, 5.41) is 10.3. The van der Waals surface area contributed by atoms with Crippen LogP contribution >= 0.6 is 11.9 Å². The minimum Gasteiger partial charge on any atom is -0.458 e. The number of ether oxygens (including phenoxy) is 2. The summed E-state index contributed by atoms with van der Waals surface area (Å²) < 4.78 is 12.8. The smallest absolute Gasteiger partial charge is 0.338 e. The number of esters is 1. The molecule has 176 valence electrons. The number of carbonyl (C=O) groups is 3. The van der Waals surface area contributed by atoms with Crippen molar-refractivity contribution in [1.82, 2.24) is 9.21 Å². The van der Waals surface area contributed by atoms with Gasteiger partial charge in [-0.2, -0.15) is 0 Å². The number of benzene rings is 1. The zero-order chi connectivity index (χ0) is 23.5. The van der Waals surface area contributed by atoms with Crippen molar-refractivity contribution in [3.8, 4) is 0 Å². The van der Waals surface area contributed by atoms with Crippen molar-refractivity contribution in [2.24, 2.45) is 0 Å². The number of carbonyl (C=O) groups excluding carboxylic acids is 3. The second-order valence-electron chi connectivity index (χ2n) is 8.71. The molecule has 0 saturated carbocycles. The third-order valence-electron chi connectivity index (χ3n) is 5.27. The van der Waals surface area contributed by atoms with Gasteiger partial charge in [0.2, 0.25) is 0 Å². The van der Waals surface area contributed by atoms with Crippen molar-refractivity contribution < 1.29 is 29.0 Å². The summed E-state index contributed by atoms with van der Waals surface area (Å²) in [5.41, 5.74) is 0.334. The Kier molecular flexibility index (Phi) is 7.81. The van der Waals surface area contributed by atoms with Gasteiger partial charge in [-0.05, 0) is 51.3 Å². The van der Waals surface area contributed by atoms with Crippen molar-refractivity contribution in [3.05, 3.63) is 29.8 Å². The first-order valence-electron chi connectivity index (χ1n) is 10.6. The Bertz CT molecular complexity index is 833. The maximum atomic E-state index is 12.9. The first-order valence-corrected chi connectivity index (χ1v) is 11.8. The van der Waals surface area contributed by atoms with Gasteiger partial charge in [-0.15, -0.1) is 0 Å². The number of morpholine rings is 1. The number of anilines is 1. The van der Waals surface area contributed by atoms with E-state index in [1.165, 1.54) is 4.90 Å². The van der Waals surface area contributed by atoms with Crippen LogP contribution in [0.1, 0.15) is 31.1 Å². The van der Waals surface area contributed by atoms with Crippen LogP contribution in [-0.4, -0.2) is 95.5 Å². The molecule has 2 saturated heterocycles. The average molecular weight is 466 g/mol. The van der Waals surface area contributed by atoms with Gasteiger partial charge in [0.1, 0.15) is 5.60 Å². The van der Waals surface area contributed by atoms with Gasteiger partial charge >= 0.3 is 5.97 Å². The van der Waals surface area contributed by atoms with Crippen LogP contribution in [-0.2, 0) is 19.1 Å². The fourth-order valence-corrected chi connectivity index (χ4v) is 4.14. The monoisotopic (exact) mass is 465 g/mol. The number of amides is 2. The second-order valence-corrected chi connectivity index (χ2v) is 9.59. The van der Waals surface area contributed by atoms with E-state index in [0.29, 0.717) is 24.3 Å². The molecule has 0 radical (unpaired) electrons. The summed E-state index contributed by atoms with van der Waals surface area (Å²) in [5.74, 6) is -1.47. The van der Waals surface area contributed by atoms with Crippen molar-refractivity contribution >= 4 is 35.4 Å². The molecule has 1 N–H and O–H groups in total. The van der Waals surface area contributed by atoms with Crippen molar-refractivity contribution in [2.75, 3.05) is 50.5 Å². The van der Waals surface area contributed by atoms with Crippen LogP contribution in [0.2, 0.25) is 0 Å². The molecular weight excluding hydrogens is 434 g/mol. The molecule has 32 heavy (non-hydrogen) atoms. The standard InChI is InChI=1S/C22H31N3O6S/c1-22(2,3)31-21(29)17(26)18-20(28)25(13-14-30-18)16-7-5-15(6-8-16)19(27)23-9-11-24(32-4)12-10-23/h5-8,17-18,26H,9-14H2,1-4H3/t17-,18-/m1/s1. The molecule has 0 aliphatic carbocycles. The van der Waals surface area contributed by atoms with E-state index >= 15 is 0 Å². The number of hydrogen-bond donors (Lipinski definition) is 1. The Balaban J connectivity index is 1.65. The highest BCUT2D eigenvalue weighted by atomic mass is 32.2. The second kappa shape index (κ2) is 10.2. The Morgan fingerprint density at radius 1 is 1.12 bits per heavy atom. The fraction of sp³-hybridized carbons (Fsp3) is 0.591. The van der Waals surface area contributed by atoms with Crippen LogP contribution in [0.5, 0.6) is 0 Å². The predicted molar refractivity (Wildman–Crippen MR) is 121 cm³/mol. The third-order valence-corrected chi connectivity index (χ3v) is 6.15. The summed E-state index contributed by atoms with van der Waals surface area (Å²) in [6.07, 6.45) is -1.03. The number of rotatable bonds is 5. The first-order chi connectivity index (χ1) is 15.1. The topological polar surface area (TPSA) is 99.6 Å². The molecule has 10 heteroatoms. The van der Waals surface area contributed by atoms with Gasteiger partial charge in [0, 0.05) is 44.0 Å². The van der Waals surface area contributed by atoms with Gasteiger partial charge < -0.3 is 24.4 Å². The van der Waals surface area contributed by atoms with Crippen LogP contribution in [0.4, 0.5) is 5.69 Å². The van der Waals surface area contributed by atoms with Gasteiger partial charge in [-0.3, -0.25) is 9.59 Å². The first kappa shape index (κ1) is 24.5. The van der Waals surface area contributed by atoms with Crippen molar-refractivity contribution in [3.63, 3.8) is 0 Å². The minimum absolute atomic E-state index is 0.0381. The molecule has 0 aromatic heterocycles. The molecule has 1 aromatic carbocycles. The molecule has 2 amide bonds. The summed E-state index contributed by atoms with van der Waals surface area (Å²) in [6.45, 7) is 8.48. The lowest BCUT2D eigenvalue weighted by Gasteiger charge is -2.35. The van der Waals surface area contributed by atoms with Crippen LogP contribution in [0, 0.1) is 0 Å². The van der Waals surface area contributed by atoms with E-state index in [9.17, 15) is 19.5 Å². The maximum Gasteiger partial charge on any atom is 0.338 e. The van der Waals surface area contributed by atoms with E-state index in [0.717, 1.165) is 13.1 Å². The van der Waals surface area contributed by atoms with Crippen LogP contribution in [0.25, 0.3) is 0 Å². The van der Waals surface area contributed by atoms with E-state index in [1.807, 2.05) is 11.2 Å². The summed E-state index contributed by atoms with van der Waals surface area (Å²) in [4.78, 5) is 41.2. The van der Waals surface area contributed by atoms with E-state index in [4.69, 9.17) is 9.47 Å². The number of piperazine rings is 1. The fourth-order valence-electron chi connectivity index (χ4n) is 3.61. The molecular formula is C22H31N3O6S. The van der Waals surface area contributed by atoms with Gasteiger partial charge in [0.15, 0.2) is 12.2 Å². The van der Waals surface area contributed by atoms with Gasteiger partial charge in [0.25, 0.3) is 11.8 Å². The van der Waals surface area contributed by atoms with Gasteiger partial charge in [-0.25, -0.2) is 9.10 Å². The summed E-state index contributed by atoms with van der Waals surface area (Å²) in [6, 6.07) is 6.79. The van der Waals surface area contributed by atoms with Crippen molar-refractivity contribution in [2.45, 2.75) is 38.6 Å². The highest BCUT2D eigenvalue weighted by Gasteiger charge is 2.41.